The van der Waals surface area contributed by atoms with Crippen molar-refractivity contribution < 1.29 is 20.1 Å². The number of aliphatic hydroxyl groups is 3. The van der Waals surface area contributed by atoms with Crippen molar-refractivity contribution in [3.63, 3.8) is 0 Å². The van der Waals surface area contributed by atoms with Crippen LogP contribution in [0.5, 0.6) is 5.75 Å². The monoisotopic (exact) mass is 526 g/mol. The highest BCUT2D eigenvalue weighted by atomic mass is 16.5. The molecular formula is C34H54O4. The molecular weight excluding hydrogens is 472 g/mol. The Labute approximate surface area is 232 Å². The van der Waals surface area contributed by atoms with Gasteiger partial charge in [-0.2, -0.15) is 0 Å². The van der Waals surface area contributed by atoms with Crippen LogP contribution in [-0.2, 0) is 21.7 Å². The fraction of sp³-hybridized carbons (Fsp3) is 0.647. The van der Waals surface area contributed by atoms with E-state index in [4.69, 9.17) is 4.74 Å². The maximum atomic E-state index is 11.5. The lowest BCUT2D eigenvalue weighted by Crippen LogP contribution is -2.39. The van der Waals surface area contributed by atoms with Crippen LogP contribution >= 0.6 is 0 Å². The van der Waals surface area contributed by atoms with Gasteiger partial charge in [-0.05, 0) is 63.3 Å². The van der Waals surface area contributed by atoms with Crippen molar-refractivity contribution in [1.29, 1.82) is 0 Å². The molecule has 2 rings (SSSR count). The largest absolute Gasteiger partial charge is 0.482 e. The van der Waals surface area contributed by atoms with Crippen LogP contribution in [0.3, 0.4) is 0 Å². The molecule has 0 aliphatic heterocycles. The molecule has 3 atom stereocenters. The van der Waals surface area contributed by atoms with Gasteiger partial charge in [0, 0.05) is 11.1 Å². The molecule has 2 aromatic carbocycles. The van der Waals surface area contributed by atoms with Crippen molar-refractivity contribution in [3.8, 4) is 5.75 Å². The molecule has 0 aromatic heterocycles. The number of rotatable bonds is 6. The summed E-state index contributed by atoms with van der Waals surface area (Å²) in [6, 6.07) is 8.77. The number of hydrogen-bond donors (Lipinski definition) is 3. The molecule has 0 amide bonds. The van der Waals surface area contributed by atoms with Crippen LogP contribution in [0, 0.1) is 13.8 Å². The minimum Gasteiger partial charge on any atom is -0.482 e. The zero-order chi connectivity index (χ0) is 29.6. The van der Waals surface area contributed by atoms with Gasteiger partial charge in [0.25, 0.3) is 0 Å². The summed E-state index contributed by atoms with van der Waals surface area (Å²) < 4.78 is 6.86. The van der Waals surface area contributed by atoms with Crippen molar-refractivity contribution in [2.75, 3.05) is 6.61 Å². The van der Waals surface area contributed by atoms with Crippen LogP contribution in [0.2, 0.25) is 0 Å². The third kappa shape index (κ3) is 7.20. The van der Waals surface area contributed by atoms with Crippen LogP contribution in [0.4, 0.5) is 0 Å². The molecule has 0 aliphatic rings. The summed E-state index contributed by atoms with van der Waals surface area (Å²) in [5.41, 5.74) is 6.85. The standard InChI is InChI=1S/C34H54O4/c1-20-15-22(31(3,4)5)17-24(33(9,10)11)27(20)30(28(37)26(36)19-35)38-29-21(2)16-23(32(6,7)8)18-25(29)34(12,13)14/h15-18,26,28,30,35-37H,19H2,1-14H3/t26-,28-,30?/m1/s1. The van der Waals surface area contributed by atoms with Crippen molar-refractivity contribution >= 4 is 0 Å². The summed E-state index contributed by atoms with van der Waals surface area (Å²) in [6.07, 6.45) is -3.54. The van der Waals surface area contributed by atoms with Gasteiger partial charge in [-0.3, -0.25) is 0 Å². The van der Waals surface area contributed by atoms with Crippen molar-refractivity contribution in [3.05, 3.63) is 63.2 Å². The number of benzene rings is 2. The van der Waals surface area contributed by atoms with Crippen LogP contribution in [0.25, 0.3) is 0 Å². The van der Waals surface area contributed by atoms with Gasteiger partial charge in [0.1, 0.15) is 18.0 Å². The Hall–Kier alpha value is -1.88. The predicted molar refractivity (Wildman–Crippen MR) is 160 cm³/mol. The Balaban J connectivity index is 2.93. The van der Waals surface area contributed by atoms with E-state index < -0.39 is 24.9 Å². The molecule has 0 spiro atoms. The number of aryl methyl sites for hydroxylation is 2. The molecule has 0 saturated carbocycles. The third-order valence-electron chi connectivity index (χ3n) is 7.43. The average molecular weight is 527 g/mol. The molecule has 0 bridgehead atoms. The van der Waals surface area contributed by atoms with Crippen LogP contribution in [-0.4, -0.2) is 34.1 Å². The molecule has 3 N–H and O–H groups in total. The van der Waals surface area contributed by atoms with Crippen LogP contribution in [0.15, 0.2) is 24.3 Å². The van der Waals surface area contributed by atoms with Crippen molar-refractivity contribution in [2.45, 2.75) is 137 Å². The average Bonchev–Trinajstić information content (AvgIpc) is 2.74. The Morgan fingerprint density at radius 2 is 1.05 bits per heavy atom. The van der Waals surface area contributed by atoms with Gasteiger partial charge in [-0.15, -0.1) is 0 Å². The fourth-order valence-corrected chi connectivity index (χ4v) is 4.89. The van der Waals surface area contributed by atoms with Gasteiger partial charge in [0.2, 0.25) is 0 Å². The van der Waals surface area contributed by atoms with Gasteiger partial charge in [-0.25, -0.2) is 0 Å². The smallest absolute Gasteiger partial charge is 0.153 e. The molecule has 2 aromatic rings. The lowest BCUT2D eigenvalue weighted by Gasteiger charge is -2.37. The van der Waals surface area contributed by atoms with E-state index in [-0.39, 0.29) is 21.7 Å². The van der Waals surface area contributed by atoms with E-state index >= 15 is 0 Å². The zero-order valence-electron chi connectivity index (χ0n) is 26.5. The Bertz CT molecular complexity index is 1120. The molecule has 0 radical (unpaired) electrons. The topological polar surface area (TPSA) is 69.9 Å². The SMILES string of the molecule is Cc1cc(C(C)(C)C)cc(C(C)(C)C)c1OC(c1c(C)cc(C(C)(C)C)cc1C(C)(C)C)[C@H](O)[C@H](O)CO. The van der Waals surface area contributed by atoms with Crippen molar-refractivity contribution in [1.82, 2.24) is 0 Å². The van der Waals surface area contributed by atoms with Gasteiger partial charge in [0.15, 0.2) is 6.10 Å². The van der Waals surface area contributed by atoms with Crippen LogP contribution < -0.4 is 4.74 Å². The van der Waals surface area contributed by atoms with Crippen LogP contribution in [0.1, 0.15) is 128 Å². The highest BCUT2D eigenvalue weighted by molar-refractivity contribution is 5.51. The maximum Gasteiger partial charge on any atom is 0.153 e. The van der Waals surface area contributed by atoms with Gasteiger partial charge in [-0.1, -0.05) is 107 Å². The first-order valence-corrected chi connectivity index (χ1v) is 13.9. The lowest BCUT2D eigenvalue weighted by atomic mass is 9.75. The number of ether oxygens (including phenoxy) is 1. The van der Waals surface area contributed by atoms with Crippen molar-refractivity contribution in [2.24, 2.45) is 0 Å². The molecule has 4 nitrogen and oxygen atoms in total. The molecule has 38 heavy (non-hydrogen) atoms. The second-order valence-electron chi connectivity index (χ2n) is 15.2. The molecule has 0 fully saturated rings. The first-order valence-electron chi connectivity index (χ1n) is 13.9. The summed E-state index contributed by atoms with van der Waals surface area (Å²) in [7, 11) is 0. The summed E-state index contributed by atoms with van der Waals surface area (Å²) >= 11 is 0. The van der Waals surface area contributed by atoms with Gasteiger partial charge in [0.05, 0.1) is 6.61 Å². The molecule has 4 heteroatoms. The first-order chi connectivity index (χ1) is 17.0. The van der Waals surface area contributed by atoms with E-state index in [1.165, 1.54) is 11.1 Å². The maximum absolute atomic E-state index is 11.5. The molecule has 0 saturated heterocycles. The lowest BCUT2D eigenvalue weighted by molar-refractivity contribution is -0.0701. The Kier molecular flexibility index (Phi) is 9.31. The number of aliphatic hydroxyl groups excluding tert-OH is 3. The minimum absolute atomic E-state index is 0.0337. The Morgan fingerprint density at radius 3 is 1.45 bits per heavy atom. The van der Waals surface area contributed by atoms with E-state index in [0.717, 1.165) is 33.6 Å². The summed E-state index contributed by atoms with van der Waals surface area (Å²) in [5, 5.41) is 32.0. The predicted octanol–water partition coefficient (Wildman–Crippen LogP) is 7.33. The molecule has 1 unspecified atom stereocenters. The highest BCUT2D eigenvalue weighted by Gasteiger charge is 2.37. The normalized spacial score (nSPS) is 15.8. The van der Waals surface area contributed by atoms with E-state index in [2.05, 4.69) is 114 Å². The quantitative estimate of drug-likeness (QED) is 0.369. The van der Waals surface area contributed by atoms with Gasteiger partial charge < -0.3 is 20.1 Å². The second-order valence-corrected chi connectivity index (χ2v) is 15.2. The highest BCUT2D eigenvalue weighted by Crippen LogP contribution is 2.44. The summed E-state index contributed by atoms with van der Waals surface area (Å²) in [4.78, 5) is 0. The summed E-state index contributed by atoms with van der Waals surface area (Å²) in [6.45, 7) is 29.7. The Morgan fingerprint density at radius 1 is 0.632 bits per heavy atom. The van der Waals surface area contributed by atoms with E-state index in [0.29, 0.717) is 0 Å². The number of hydrogen-bond acceptors (Lipinski definition) is 4. The third-order valence-corrected chi connectivity index (χ3v) is 7.43. The van der Waals surface area contributed by atoms with E-state index in [1.807, 2.05) is 6.92 Å². The second kappa shape index (κ2) is 10.9. The summed E-state index contributed by atoms with van der Waals surface area (Å²) in [5.74, 6) is 0.721. The molecule has 0 aliphatic carbocycles. The molecule has 214 valence electrons. The first kappa shape index (κ1) is 32.3. The minimum atomic E-state index is -1.35. The fourth-order valence-electron chi connectivity index (χ4n) is 4.89. The van der Waals surface area contributed by atoms with E-state index in [9.17, 15) is 15.3 Å². The zero-order valence-corrected chi connectivity index (χ0v) is 26.5. The van der Waals surface area contributed by atoms with E-state index in [1.54, 1.807) is 0 Å². The molecule has 0 heterocycles. The van der Waals surface area contributed by atoms with Gasteiger partial charge >= 0.3 is 0 Å².